The normalized spacial score (nSPS) is 17.5. The monoisotopic (exact) mass is 410 g/mol. The number of thioether (sulfide) groups is 1. The van der Waals surface area contributed by atoms with Crippen LogP contribution in [0.4, 0.5) is 5.69 Å². The number of amides is 2. The number of hydrogen-bond acceptors (Lipinski definition) is 6. The van der Waals surface area contributed by atoms with Gasteiger partial charge in [0, 0.05) is 6.42 Å². The Balaban J connectivity index is 1.56. The van der Waals surface area contributed by atoms with Gasteiger partial charge in [-0.25, -0.2) is 0 Å². The van der Waals surface area contributed by atoms with Crippen LogP contribution in [-0.2, 0) is 9.59 Å². The van der Waals surface area contributed by atoms with Gasteiger partial charge in [0.2, 0.25) is 11.8 Å². The molecule has 29 heavy (non-hydrogen) atoms. The van der Waals surface area contributed by atoms with Crippen LogP contribution in [-0.4, -0.2) is 35.1 Å². The van der Waals surface area contributed by atoms with E-state index >= 15 is 0 Å². The number of anilines is 1. The Hall–Kier alpha value is -3.13. The van der Waals surface area contributed by atoms with E-state index in [9.17, 15) is 9.59 Å². The first-order valence-corrected chi connectivity index (χ1v) is 10.1. The molecule has 1 atom stereocenters. The molecule has 2 N–H and O–H groups in total. The predicted molar refractivity (Wildman–Crippen MR) is 117 cm³/mol. The molecule has 0 aliphatic carbocycles. The third-order valence-corrected chi connectivity index (χ3v) is 5.11. The van der Waals surface area contributed by atoms with E-state index in [2.05, 4.69) is 20.8 Å². The molecule has 1 saturated heterocycles. The Morgan fingerprint density at radius 2 is 2.00 bits per heavy atom. The van der Waals surface area contributed by atoms with Gasteiger partial charge < -0.3 is 15.4 Å². The lowest BCUT2D eigenvalue weighted by atomic mass is 10.2. The summed E-state index contributed by atoms with van der Waals surface area (Å²) in [5.74, 6) is 0.0707. The summed E-state index contributed by atoms with van der Waals surface area (Å²) in [6.45, 7) is 4.38. The molecule has 1 aliphatic rings. The van der Waals surface area contributed by atoms with E-state index < -0.39 is 5.25 Å². The van der Waals surface area contributed by atoms with Crippen LogP contribution in [0.15, 0.2) is 58.7 Å². The van der Waals surface area contributed by atoms with Gasteiger partial charge in [-0.2, -0.15) is 5.10 Å². The summed E-state index contributed by atoms with van der Waals surface area (Å²) >= 11 is 1.19. The van der Waals surface area contributed by atoms with Gasteiger partial charge >= 0.3 is 0 Å². The Morgan fingerprint density at radius 3 is 2.76 bits per heavy atom. The topological polar surface area (TPSA) is 92.2 Å². The lowest BCUT2D eigenvalue weighted by Crippen LogP contribution is -2.28. The van der Waals surface area contributed by atoms with Crippen LogP contribution in [0, 0.1) is 6.92 Å². The van der Waals surface area contributed by atoms with Gasteiger partial charge in [0.25, 0.3) is 0 Å². The molecular formula is C21H22N4O3S. The van der Waals surface area contributed by atoms with E-state index in [-0.39, 0.29) is 18.2 Å². The molecule has 0 saturated carbocycles. The molecule has 1 fully saturated rings. The summed E-state index contributed by atoms with van der Waals surface area (Å²) in [5.41, 5.74) is 2.66. The average Bonchev–Trinajstić information content (AvgIpc) is 3.04. The van der Waals surface area contributed by atoms with Crippen molar-refractivity contribution in [1.29, 1.82) is 0 Å². The Bertz CT molecular complexity index is 941. The highest BCUT2D eigenvalue weighted by Gasteiger charge is 2.32. The zero-order valence-corrected chi connectivity index (χ0v) is 17.0. The van der Waals surface area contributed by atoms with Gasteiger partial charge in [-0.05, 0) is 31.5 Å². The van der Waals surface area contributed by atoms with Crippen molar-refractivity contribution in [3.8, 4) is 5.75 Å². The van der Waals surface area contributed by atoms with Crippen molar-refractivity contribution >= 4 is 40.6 Å². The summed E-state index contributed by atoms with van der Waals surface area (Å²) in [6, 6.07) is 15.0. The maximum Gasteiger partial charge on any atom is 0.240 e. The first kappa shape index (κ1) is 20.6. The van der Waals surface area contributed by atoms with Crippen LogP contribution >= 0.6 is 11.8 Å². The van der Waals surface area contributed by atoms with E-state index in [1.807, 2.05) is 50.2 Å². The maximum absolute atomic E-state index is 12.4. The number of benzene rings is 2. The second kappa shape index (κ2) is 9.88. The second-order valence-electron chi connectivity index (χ2n) is 6.34. The number of carbonyl (C=O) groups excluding carboxylic acids is 2. The summed E-state index contributed by atoms with van der Waals surface area (Å²) in [7, 11) is 0. The summed E-state index contributed by atoms with van der Waals surface area (Å²) in [4.78, 5) is 24.5. The molecule has 3 rings (SSSR count). The minimum atomic E-state index is -0.553. The lowest BCUT2D eigenvalue weighted by Gasteiger charge is -2.12. The molecule has 0 aromatic heterocycles. The highest BCUT2D eigenvalue weighted by molar-refractivity contribution is 8.15. The zero-order valence-electron chi connectivity index (χ0n) is 16.2. The van der Waals surface area contributed by atoms with Crippen LogP contribution in [0.1, 0.15) is 24.5 Å². The number of aryl methyl sites for hydroxylation is 1. The molecule has 8 heteroatoms. The van der Waals surface area contributed by atoms with Crippen LogP contribution in [0.2, 0.25) is 0 Å². The minimum Gasteiger partial charge on any atom is -0.492 e. The number of nitrogens with zero attached hydrogens (tertiary/aromatic N) is 2. The van der Waals surface area contributed by atoms with Gasteiger partial charge in [0.15, 0.2) is 5.17 Å². The Kier molecular flexibility index (Phi) is 7.02. The molecule has 2 aromatic carbocycles. The van der Waals surface area contributed by atoms with Gasteiger partial charge in [-0.15, -0.1) is 5.10 Å². The average molecular weight is 410 g/mol. The Labute approximate surface area is 173 Å². The molecule has 2 amide bonds. The van der Waals surface area contributed by atoms with Crippen molar-refractivity contribution in [1.82, 2.24) is 5.32 Å². The SMILES string of the molecule is CCOc1ccccc1NC(=O)CC1SC(=NN=Cc2ccc(C)cc2)NC1=O. The van der Waals surface area contributed by atoms with Gasteiger partial charge in [-0.3, -0.25) is 9.59 Å². The number of para-hydroxylation sites is 2. The van der Waals surface area contributed by atoms with Crippen molar-refractivity contribution in [2.24, 2.45) is 10.2 Å². The summed E-state index contributed by atoms with van der Waals surface area (Å²) in [5, 5.41) is 13.3. The maximum atomic E-state index is 12.4. The fourth-order valence-corrected chi connectivity index (χ4v) is 3.53. The molecule has 1 unspecified atom stereocenters. The standard InChI is InChI=1S/C21H22N4O3S/c1-3-28-17-7-5-4-6-16(17)23-19(26)12-18-20(27)24-21(29-18)25-22-13-15-10-8-14(2)9-11-15/h4-11,13,18H,3,12H2,1-2H3,(H,23,26)(H,24,25,27). The predicted octanol–water partition coefficient (Wildman–Crippen LogP) is 3.34. The summed E-state index contributed by atoms with van der Waals surface area (Å²) in [6.07, 6.45) is 1.64. The van der Waals surface area contributed by atoms with Gasteiger partial charge in [0.1, 0.15) is 11.0 Å². The van der Waals surface area contributed by atoms with Crippen LogP contribution < -0.4 is 15.4 Å². The third kappa shape index (κ3) is 5.92. The molecular weight excluding hydrogens is 388 g/mol. The van der Waals surface area contributed by atoms with Crippen molar-refractivity contribution in [3.05, 3.63) is 59.7 Å². The van der Waals surface area contributed by atoms with Crippen LogP contribution in [0.5, 0.6) is 5.75 Å². The number of nitrogens with one attached hydrogen (secondary N) is 2. The number of carbonyl (C=O) groups is 2. The van der Waals surface area contributed by atoms with Crippen LogP contribution in [0.3, 0.4) is 0 Å². The van der Waals surface area contributed by atoms with Crippen LogP contribution in [0.25, 0.3) is 0 Å². The molecule has 1 aliphatic heterocycles. The Morgan fingerprint density at radius 1 is 1.24 bits per heavy atom. The second-order valence-corrected chi connectivity index (χ2v) is 7.53. The summed E-state index contributed by atoms with van der Waals surface area (Å²) < 4.78 is 5.50. The number of ether oxygens (including phenoxy) is 1. The van der Waals surface area contributed by atoms with E-state index in [4.69, 9.17) is 4.74 Å². The molecule has 0 radical (unpaired) electrons. The van der Waals surface area contributed by atoms with E-state index in [1.54, 1.807) is 18.3 Å². The van der Waals surface area contributed by atoms with Crippen molar-refractivity contribution in [2.75, 3.05) is 11.9 Å². The van der Waals surface area contributed by atoms with Crippen molar-refractivity contribution < 1.29 is 14.3 Å². The quantitative estimate of drug-likeness (QED) is 0.541. The van der Waals surface area contributed by atoms with E-state index in [0.717, 1.165) is 11.1 Å². The molecule has 0 spiro atoms. The number of hydrogen-bond donors (Lipinski definition) is 2. The van der Waals surface area contributed by atoms with E-state index in [0.29, 0.717) is 23.2 Å². The van der Waals surface area contributed by atoms with Crippen molar-refractivity contribution in [3.63, 3.8) is 0 Å². The minimum absolute atomic E-state index is 0.0255. The van der Waals surface area contributed by atoms with E-state index in [1.165, 1.54) is 11.8 Å². The lowest BCUT2D eigenvalue weighted by molar-refractivity contribution is -0.122. The number of rotatable bonds is 7. The van der Waals surface area contributed by atoms with Crippen molar-refractivity contribution in [2.45, 2.75) is 25.5 Å². The molecule has 2 aromatic rings. The smallest absolute Gasteiger partial charge is 0.240 e. The third-order valence-electron chi connectivity index (χ3n) is 4.04. The van der Waals surface area contributed by atoms with Gasteiger partial charge in [0.05, 0.1) is 18.5 Å². The largest absolute Gasteiger partial charge is 0.492 e. The molecule has 0 bridgehead atoms. The molecule has 7 nitrogen and oxygen atoms in total. The fourth-order valence-electron chi connectivity index (χ4n) is 2.61. The van der Waals surface area contributed by atoms with Gasteiger partial charge in [-0.1, -0.05) is 53.7 Å². The fraction of sp³-hybridized carbons (Fsp3) is 0.238. The first-order valence-electron chi connectivity index (χ1n) is 9.22. The number of amidine groups is 1. The molecule has 150 valence electrons. The highest BCUT2D eigenvalue weighted by Crippen LogP contribution is 2.26. The zero-order chi connectivity index (χ0) is 20.6. The highest BCUT2D eigenvalue weighted by atomic mass is 32.2. The first-order chi connectivity index (χ1) is 14.0. The molecule has 1 heterocycles.